The molecule has 4 rings (SSSR count). The second-order valence-corrected chi connectivity index (χ2v) is 9.16. The molecular weight excluding hydrogens is 484 g/mol. The zero-order valence-electron chi connectivity index (χ0n) is 22.8. The van der Waals surface area contributed by atoms with Gasteiger partial charge in [-0.25, -0.2) is 0 Å². The van der Waals surface area contributed by atoms with E-state index in [-0.39, 0.29) is 5.97 Å². The van der Waals surface area contributed by atoms with Gasteiger partial charge in [0.2, 0.25) is 0 Å². The van der Waals surface area contributed by atoms with Crippen LogP contribution in [0.5, 0.6) is 11.5 Å². The molecule has 0 saturated heterocycles. The molecular formula is C35H36O4. The highest BCUT2D eigenvalue weighted by Crippen LogP contribution is 2.36. The van der Waals surface area contributed by atoms with Crippen LogP contribution in [0.4, 0.5) is 0 Å². The molecule has 0 atom stereocenters. The molecule has 4 nitrogen and oxygen atoms in total. The maximum atomic E-state index is 11.6. The maximum absolute atomic E-state index is 11.6. The van der Waals surface area contributed by atoms with E-state index in [9.17, 15) is 4.79 Å². The molecule has 0 aromatic heterocycles. The van der Waals surface area contributed by atoms with Crippen molar-refractivity contribution in [3.63, 3.8) is 0 Å². The number of esters is 1. The fraction of sp³-hybridized carbons (Fsp3) is 0.229. The smallest absolute Gasteiger partial charge is 0.305 e. The molecule has 4 aromatic rings. The van der Waals surface area contributed by atoms with Crippen LogP contribution in [0, 0.1) is 0 Å². The lowest BCUT2D eigenvalue weighted by molar-refractivity contribution is -0.143. The molecule has 0 radical (unpaired) electrons. The summed E-state index contributed by atoms with van der Waals surface area (Å²) in [4.78, 5) is 11.6. The Hall–Kier alpha value is -4.31. The van der Waals surface area contributed by atoms with Crippen LogP contribution in [0.1, 0.15) is 55.4 Å². The lowest BCUT2D eigenvalue weighted by Crippen LogP contribution is -2.06. The molecule has 0 heterocycles. The first-order chi connectivity index (χ1) is 19.2. The van der Waals surface area contributed by atoms with E-state index < -0.39 is 0 Å². The van der Waals surface area contributed by atoms with E-state index in [1.807, 2.05) is 49.4 Å². The van der Waals surface area contributed by atoms with Gasteiger partial charge in [0, 0.05) is 6.42 Å². The Bertz CT molecular complexity index is 1340. The number of allylic oxidation sites excluding steroid dienone is 1. The van der Waals surface area contributed by atoms with Gasteiger partial charge >= 0.3 is 5.97 Å². The monoisotopic (exact) mass is 520 g/mol. The summed E-state index contributed by atoms with van der Waals surface area (Å²) in [7, 11) is 0. The van der Waals surface area contributed by atoms with Crippen molar-refractivity contribution in [1.29, 1.82) is 0 Å². The Morgan fingerprint density at radius 1 is 0.667 bits per heavy atom. The van der Waals surface area contributed by atoms with Crippen molar-refractivity contribution in [1.82, 2.24) is 0 Å². The normalized spacial score (nSPS) is 11.4. The van der Waals surface area contributed by atoms with E-state index in [1.165, 1.54) is 16.7 Å². The van der Waals surface area contributed by atoms with Gasteiger partial charge in [0.15, 0.2) is 0 Å². The highest BCUT2D eigenvalue weighted by atomic mass is 16.5. The Labute approximate surface area is 231 Å². The van der Waals surface area contributed by atoms with Crippen molar-refractivity contribution in [2.45, 2.75) is 39.7 Å². The van der Waals surface area contributed by atoms with Crippen LogP contribution in [-0.4, -0.2) is 19.2 Å². The first-order valence-corrected chi connectivity index (χ1v) is 13.6. The molecule has 0 aliphatic rings. The topological polar surface area (TPSA) is 44.8 Å². The second kappa shape index (κ2) is 14.6. The maximum Gasteiger partial charge on any atom is 0.305 e. The number of ether oxygens (including phenoxy) is 3. The van der Waals surface area contributed by atoms with E-state index in [2.05, 4.69) is 73.7 Å². The highest BCUT2D eigenvalue weighted by Gasteiger charge is 2.14. The van der Waals surface area contributed by atoms with Crippen molar-refractivity contribution >= 4 is 17.1 Å². The minimum atomic E-state index is -0.186. The van der Waals surface area contributed by atoms with E-state index >= 15 is 0 Å². The highest BCUT2D eigenvalue weighted by molar-refractivity contribution is 5.98. The summed E-state index contributed by atoms with van der Waals surface area (Å²) in [5, 5.41) is 0. The third kappa shape index (κ3) is 8.08. The molecule has 39 heavy (non-hydrogen) atoms. The summed E-state index contributed by atoms with van der Waals surface area (Å²) in [6, 6.07) is 37.2. The molecule has 4 aromatic carbocycles. The second-order valence-electron chi connectivity index (χ2n) is 9.16. The Morgan fingerprint density at radius 2 is 1.36 bits per heavy atom. The van der Waals surface area contributed by atoms with E-state index in [4.69, 9.17) is 14.2 Å². The zero-order chi connectivity index (χ0) is 27.3. The molecule has 0 aliphatic heterocycles. The standard InChI is InChI=1S/C35H36O4/c1-3-33(28-15-9-6-10-16-28)35(29-20-22-31(23-21-29)38-24-12-19-34(36)37-4-2)30-17-11-18-32(25-30)39-26-27-13-7-5-8-14-27/h5-11,13-18,20-23,25H,3-4,12,19,24,26H2,1-2H3/b35-33-. The van der Waals surface area contributed by atoms with Crippen LogP contribution in [0.15, 0.2) is 109 Å². The minimum Gasteiger partial charge on any atom is -0.494 e. The molecule has 0 N–H and O–H groups in total. The summed E-state index contributed by atoms with van der Waals surface area (Å²) in [5.74, 6) is 1.42. The third-order valence-electron chi connectivity index (χ3n) is 6.39. The molecule has 0 aliphatic carbocycles. The predicted molar refractivity (Wildman–Crippen MR) is 158 cm³/mol. The van der Waals surface area contributed by atoms with Crippen LogP contribution < -0.4 is 9.47 Å². The van der Waals surface area contributed by atoms with Crippen LogP contribution >= 0.6 is 0 Å². The van der Waals surface area contributed by atoms with E-state index in [0.29, 0.717) is 32.7 Å². The van der Waals surface area contributed by atoms with Crippen molar-refractivity contribution in [3.05, 3.63) is 131 Å². The lowest BCUT2D eigenvalue weighted by atomic mass is 9.88. The Kier molecular flexibility index (Phi) is 10.4. The summed E-state index contributed by atoms with van der Waals surface area (Å²) >= 11 is 0. The van der Waals surface area contributed by atoms with Crippen molar-refractivity contribution in [2.24, 2.45) is 0 Å². The first kappa shape index (κ1) is 27.7. The Balaban J connectivity index is 1.59. The summed E-state index contributed by atoms with van der Waals surface area (Å²) < 4.78 is 17.0. The average molecular weight is 521 g/mol. The fourth-order valence-corrected chi connectivity index (χ4v) is 4.52. The van der Waals surface area contributed by atoms with Crippen LogP contribution in [0.3, 0.4) is 0 Å². The molecule has 0 unspecified atom stereocenters. The van der Waals surface area contributed by atoms with Gasteiger partial charge in [-0.15, -0.1) is 0 Å². The SMILES string of the molecule is CCOC(=O)CCCOc1ccc(/C(=C(\CC)c2ccccc2)c2cccc(OCc3ccccc3)c2)cc1. The fourth-order valence-electron chi connectivity index (χ4n) is 4.52. The number of benzene rings is 4. The van der Waals surface area contributed by atoms with Crippen LogP contribution in [0.25, 0.3) is 11.1 Å². The quantitative estimate of drug-likeness (QED) is 0.101. The average Bonchev–Trinajstić information content (AvgIpc) is 2.99. The van der Waals surface area contributed by atoms with Crippen LogP contribution in [0.2, 0.25) is 0 Å². The van der Waals surface area contributed by atoms with Gasteiger partial charge < -0.3 is 14.2 Å². The van der Waals surface area contributed by atoms with E-state index in [1.54, 1.807) is 0 Å². The van der Waals surface area contributed by atoms with Crippen LogP contribution in [-0.2, 0) is 16.1 Å². The van der Waals surface area contributed by atoms with Gasteiger partial charge in [0.25, 0.3) is 0 Å². The van der Waals surface area contributed by atoms with Crippen molar-refractivity contribution < 1.29 is 19.0 Å². The summed E-state index contributed by atoms with van der Waals surface area (Å²) in [6.07, 6.45) is 1.86. The predicted octanol–water partition coefficient (Wildman–Crippen LogP) is 8.36. The molecule has 200 valence electrons. The van der Waals surface area contributed by atoms with Crippen molar-refractivity contribution in [3.8, 4) is 11.5 Å². The molecule has 4 heteroatoms. The third-order valence-corrected chi connectivity index (χ3v) is 6.39. The number of carbonyl (C=O) groups is 1. The number of carbonyl (C=O) groups excluding carboxylic acids is 1. The number of hydrogen-bond acceptors (Lipinski definition) is 4. The molecule has 0 spiro atoms. The first-order valence-electron chi connectivity index (χ1n) is 13.6. The van der Waals surface area contributed by atoms with Crippen molar-refractivity contribution in [2.75, 3.05) is 13.2 Å². The van der Waals surface area contributed by atoms with Gasteiger partial charge in [0.05, 0.1) is 13.2 Å². The molecule has 0 amide bonds. The largest absolute Gasteiger partial charge is 0.494 e. The molecule has 0 bridgehead atoms. The summed E-state index contributed by atoms with van der Waals surface area (Å²) in [5.41, 5.74) is 6.97. The number of hydrogen-bond donors (Lipinski definition) is 0. The lowest BCUT2D eigenvalue weighted by Gasteiger charge is -2.18. The van der Waals surface area contributed by atoms with E-state index in [0.717, 1.165) is 34.6 Å². The van der Waals surface area contributed by atoms with Gasteiger partial charge in [-0.05, 0) is 77.4 Å². The number of rotatable bonds is 13. The summed E-state index contributed by atoms with van der Waals surface area (Å²) in [6.45, 7) is 5.39. The Morgan fingerprint density at radius 3 is 2.05 bits per heavy atom. The van der Waals surface area contributed by atoms with Gasteiger partial charge in [-0.1, -0.05) is 91.9 Å². The zero-order valence-corrected chi connectivity index (χ0v) is 22.8. The van der Waals surface area contributed by atoms with Gasteiger partial charge in [-0.3, -0.25) is 4.79 Å². The molecule has 0 fully saturated rings. The van der Waals surface area contributed by atoms with Gasteiger partial charge in [0.1, 0.15) is 18.1 Å². The molecule has 0 saturated carbocycles. The van der Waals surface area contributed by atoms with Gasteiger partial charge in [-0.2, -0.15) is 0 Å². The minimum absolute atomic E-state index is 0.186.